The van der Waals surface area contributed by atoms with Crippen molar-refractivity contribution in [3.8, 4) is 0 Å². The van der Waals surface area contributed by atoms with Crippen molar-refractivity contribution in [1.82, 2.24) is 9.88 Å². The van der Waals surface area contributed by atoms with E-state index in [0.29, 0.717) is 18.4 Å². The Morgan fingerprint density at radius 2 is 2.35 bits per heavy atom. The maximum absolute atomic E-state index is 12.1. The van der Waals surface area contributed by atoms with Gasteiger partial charge in [0.1, 0.15) is 0 Å². The van der Waals surface area contributed by atoms with E-state index in [2.05, 4.69) is 31.5 Å². The van der Waals surface area contributed by atoms with Gasteiger partial charge in [-0.3, -0.25) is 4.79 Å². The molecule has 1 aromatic rings. The second-order valence-corrected chi connectivity index (χ2v) is 5.58. The third-order valence-corrected chi connectivity index (χ3v) is 3.96. The van der Waals surface area contributed by atoms with Crippen molar-refractivity contribution in [3.63, 3.8) is 0 Å². The molecule has 0 bridgehead atoms. The Hall–Kier alpha value is -1.77. The van der Waals surface area contributed by atoms with Crippen LogP contribution < -0.4 is 0 Å². The normalized spacial score (nSPS) is 19.2. The van der Waals surface area contributed by atoms with Crippen LogP contribution in [0.2, 0.25) is 0 Å². The molecule has 1 fully saturated rings. The lowest BCUT2D eigenvalue weighted by atomic mass is 10.0. The summed E-state index contributed by atoms with van der Waals surface area (Å²) in [6.07, 6.45) is 10.8. The number of aryl methyl sites for hydroxylation is 1. The first kappa shape index (κ1) is 14.6. The summed E-state index contributed by atoms with van der Waals surface area (Å²) >= 11 is 0. The number of carbonyl (C=O) groups excluding carboxylic acids is 1. The fourth-order valence-electron chi connectivity index (χ4n) is 2.93. The molecule has 3 heteroatoms. The van der Waals surface area contributed by atoms with Gasteiger partial charge in [-0.1, -0.05) is 38.2 Å². The SMILES string of the molecule is C=C/C=C\c1c(CN2CC(CCC)CC2=O)c[nH]c1C. The number of carbonyl (C=O) groups is 1. The van der Waals surface area contributed by atoms with Crippen molar-refractivity contribution in [1.29, 1.82) is 0 Å². The number of hydrogen-bond donors (Lipinski definition) is 1. The molecule has 1 amide bonds. The molecule has 3 nitrogen and oxygen atoms in total. The molecule has 2 heterocycles. The molecule has 108 valence electrons. The summed E-state index contributed by atoms with van der Waals surface area (Å²) in [4.78, 5) is 17.3. The van der Waals surface area contributed by atoms with Crippen molar-refractivity contribution in [2.24, 2.45) is 5.92 Å². The monoisotopic (exact) mass is 272 g/mol. The third kappa shape index (κ3) is 3.21. The number of aromatic nitrogens is 1. The molecule has 1 saturated heterocycles. The number of aromatic amines is 1. The van der Waals surface area contributed by atoms with Gasteiger partial charge in [0.05, 0.1) is 0 Å². The van der Waals surface area contributed by atoms with Crippen molar-refractivity contribution in [3.05, 3.63) is 41.7 Å². The molecule has 20 heavy (non-hydrogen) atoms. The molecule has 0 radical (unpaired) electrons. The number of likely N-dealkylation sites (tertiary alicyclic amines) is 1. The predicted octanol–water partition coefficient (Wildman–Crippen LogP) is 3.67. The minimum absolute atomic E-state index is 0.293. The lowest BCUT2D eigenvalue weighted by molar-refractivity contribution is -0.128. The summed E-state index contributed by atoms with van der Waals surface area (Å²) in [5.74, 6) is 0.834. The fourth-order valence-corrected chi connectivity index (χ4v) is 2.93. The average Bonchev–Trinajstić information content (AvgIpc) is 2.93. The van der Waals surface area contributed by atoms with Gasteiger partial charge < -0.3 is 9.88 Å². The first-order valence-electron chi connectivity index (χ1n) is 7.39. The van der Waals surface area contributed by atoms with Gasteiger partial charge in [-0.2, -0.15) is 0 Å². The van der Waals surface area contributed by atoms with Crippen LogP contribution in [0.4, 0.5) is 0 Å². The van der Waals surface area contributed by atoms with Gasteiger partial charge in [0.15, 0.2) is 0 Å². The van der Waals surface area contributed by atoms with Crippen LogP contribution in [0, 0.1) is 12.8 Å². The van der Waals surface area contributed by atoms with Gasteiger partial charge >= 0.3 is 0 Å². The van der Waals surface area contributed by atoms with E-state index < -0.39 is 0 Å². The minimum Gasteiger partial charge on any atom is -0.364 e. The summed E-state index contributed by atoms with van der Waals surface area (Å²) < 4.78 is 0. The van der Waals surface area contributed by atoms with E-state index in [1.165, 1.54) is 11.1 Å². The summed E-state index contributed by atoms with van der Waals surface area (Å²) in [6, 6.07) is 0. The minimum atomic E-state index is 0.293. The number of allylic oxidation sites excluding steroid dienone is 2. The summed E-state index contributed by atoms with van der Waals surface area (Å²) in [5.41, 5.74) is 3.50. The summed E-state index contributed by atoms with van der Waals surface area (Å²) in [5, 5.41) is 0. The van der Waals surface area contributed by atoms with Crippen LogP contribution in [-0.2, 0) is 11.3 Å². The zero-order valence-corrected chi connectivity index (χ0v) is 12.5. The van der Waals surface area contributed by atoms with Crippen LogP contribution in [0.5, 0.6) is 0 Å². The molecule has 1 aliphatic heterocycles. The van der Waals surface area contributed by atoms with E-state index in [9.17, 15) is 4.79 Å². The molecule has 0 aliphatic carbocycles. The first-order valence-corrected chi connectivity index (χ1v) is 7.39. The Labute approximate surface area is 121 Å². The van der Waals surface area contributed by atoms with Crippen molar-refractivity contribution >= 4 is 12.0 Å². The number of hydrogen-bond acceptors (Lipinski definition) is 1. The number of rotatable bonds is 6. The zero-order valence-electron chi connectivity index (χ0n) is 12.5. The second-order valence-electron chi connectivity index (χ2n) is 5.58. The molecular weight excluding hydrogens is 248 g/mol. The van der Waals surface area contributed by atoms with Crippen LogP contribution in [0.15, 0.2) is 24.9 Å². The van der Waals surface area contributed by atoms with Gasteiger partial charge in [0.2, 0.25) is 5.91 Å². The fraction of sp³-hybridized carbons (Fsp3) is 0.471. The van der Waals surface area contributed by atoms with Gasteiger partial charge in [-0.05, 0) is 30.4 Å². The molecule has 2 rings (SSSR count). The maximum Gasteiger partial charge on any atom is 0.223 e. The molecule has 0 aromatic carbocycles. The Bertz CT molecular complexity index is 513. The molecule has 0 spiro atoms. The Balaban J connectivity index is 2.09. The lowest BCUT2D eigenvalue weighted by Crippen LogP contribution is -2.24. The number of H-pyrrole nitrogens is 1. The topological polar surface area (TPSA) is 36.1 Å². The van der Waals surface area contributed by atoms with Gasteiger partial charge in [0.25, 0.3) is 0 Å². The van der Waals surface area contributed by atoms with Crippen molar-refractivity contribution < 1.29 is 4.79 Å². The molecule has 1 unspecified atom stereocenters. The predicted molar refractivity (Wildman–Crippen MR) is 83.2 cm³/mol. The van der Waals surface area contributed by atoms with Crippen molar-refractivity contribution in [2.75, 3.05) is 6.54 Å². The molecule has 1 N–H and O–H groups in total. The maximum atomic E-state index is 12.1. The van der Waals surface area contributed by atoms with Crippen LogP contribution in [-0.4, -0.2) is 22.3 Å². The zero-order chi connectivity index (χ0) is 14.5. The van der Waals surface area contributed by atoms with E-state index in [4.69, 9.17) is 0 Å². The van der Waals surface area contributed by atoms with Crippen LogP contribution in [0.25, 0.3) is 6.08 Å². The first-order chi connectivity index (χ1) is 9.65. The smallest absolute Gasteiger partial charge is 0.223 e. The highest BCUT2D eigenvalue weighted by atomic mass is 16.2. The van der Waals surface area contributed by atoms with Gasteiger partial charge in [-0.15, -0.1) is 0 Å². The number of nitrogens with one attached hydrogen (secondary N) is 1. The van der Waals surface area contributed by atoms with Gasteiger partial charge in [-0.25, -0.2) is 0 Å². The number of nitrogens with zero attached hydrogens (tertiary/aromatic N) is 1. The highest BCUT2D eigenvalue weighted by molar-refractivity contribution is 5.78. The van der Waals surface area contributed by atoms with E-state index in [1.54, 1.807) is 6.08 Å². The van der Waals surface area contributed by atoms with Crippen molar-refractivity contribution in [2.45, 2.75) is 39.7 Å². The molecular formula is C17H24N2O. The molecule has 1 aromatic heterocycles. The third-order valence-electron chi connectivity index (χ3n) is 3.96. The van der Waals surface area contributed by atoms with E-state index in [0.717, 1.165) is 31.5 Å². The van der Waals surface area contributed by atoms with E-state index in [-0.39, 0.29) is 0 Å². The summed E-state index contributed by atoms with van der Waals surface area (Å²) in [7, 11) is 0. The highest BCUT2D eigenvalue weighted by Crippen LogP contribution is 2.25. The molecule has 1 aliphatic rings. The van der Waals surface area contributed by atoms with Crippen LogP contribution >= 0.6 is 0 Å². The Kier molecular flexibility index (Phi) is 4.83. The Morgan fingerprint density at radius 3 is 3.05 bits per heavy atom. The largest absolute Gasteiger partial charge is 0.364 e. The van der Waals surface area contributed by atoms with Crippen LogP contribution in [0.1, 0.15) is 43.0 Å². The van der Waals surface area contributed by atoms with E-state index in [1.807, 2.05) is 17.2 Å². The van der Waals surface area contributed by atoms with E-state index >= 15 is 0 Å². The highest BCUT2D eigenvalue weighted by Gasteiger charge is 2.29. The lowest BCUT2D eigenvalue weighted by Gasteiger charge is -2.16. The molecule has 0 saturated carbocycles. The Morgan fingerprint density at radius 1 is 1.55 bits per heavy atom. The molecule has 1 atom stereocenters. The second kappa shape index (κ2) is 6.60. The van der Waals surface area contributed by atoms with Crippen LogP contribution in [0.3, 0.4) is 0 Å². The standard InChI is InChI=1S/C17H24N2O/c1-4-6-8-16-13(3)18-10-15(16)12-19-11-14(7-5-2)9-17(19)20/h4,6,8,10,14,18H,1,5,7,9,11-12H2,2-3H3/b8-6-. The summed E-state index contributed by atoms with van der Waals surface area (Å²) in [6.45, 7) is 9.55. The quantitative estimate of drug-likeness (QED) is 0.788. The number of amides is 1. The van der Waals surface area contributed by atoms with Gasteiger partial charge in [0, 0.05) is 31.4 Å². The average molecular weight is 272 g/mol.